The second-order valence-corrected chi connectivity index (χ2v) is 3.25. The van der Waals surface area contributed by atoms with E-state index < -0.39 is 0 Å². The van der Waals surface area contributed by atoms with Gasteiger partial charge in [-0.25, -0.2) is 0 Å². The van der Waals surface area contributed by atoms with Gasteiger partial charge in [0.15, 0.2) is 5.78 Å². The number of halogens is 1. The quantitative estimate of drug-likeness (QED) is 0.632. The average molecular weight is 198 g/mol. The van der Waals surface area contributed by atoms with Crippen molar-refractivity contribution in [3.63, 3.8) is 0 Å². The predicted octanol–water partition coefficient (Wildman–Crippen LogP) is 1.74. The van der Waals surface area contributed by atoms with E-state index in [-0.39, 0.29) is 18.2 Å². The Labute approximate surface area is 84.0 Å². The van der Waals surface area contributed by atoms with E-state index in [9.17, 15) is 4.79 Å². The van der Waals surface area contributed by atoms with Gasteiger partial charge < -0.3 is 0 Å². The molecule has 13 heavy (non-hydrogen) atoms. The molecule has 0 fully saturated rings. The first-order chi connectivity index (χ1) is 5.77. The van der Waals surface area contributed by atoms with Crippen molar-refractivity contribution in [1.29, 1.82) is 0 Å². The highest BCUT2D eigenvalue weighted by Gasteiger charge is 2.19. The average Bonchev–Trinajstić information content (AvgIpc) is 2.04. The smallest absolute Gasteiger partial charge is 0.177 e. The van der Waals surface area contributed by atoms with Crippen molar-refractivity contribution in [2.75, 3.05) is 13.6 Å². The van der Waals surface area contributed by atoms with Crippen LogP contribution >= 0.6 is 12.4 Å². The van der Waals surface area contributed by atoms with Gasteiger partial charge in [0.05, 0.1) is 6.54 Å². The number of hydrogen-bond donors (Lipinski definition) is 0. The number of carbonyl (C=O) groups is 1. The molecule has 0 bridgehead atoms. The zero-order chi connectivity index (χ0) is 8.55. The van der Waals surface area contributed by atoms with E-state index in [0.29, 0.717) is 6.54 Å². The van der Waals surface area contributed by atoms with Crippen LogP contribution in [-0.4, -0.2) is 24.3 Å². The van der Waals surface area contributed by atoms with E-state index in [1.165, 1.54) is 0 Å². The number of ketones is 1. The van der Waals surface area contributed by atoms with Gasteiger partial charge in [0, 0.05) is 12.1 Å². The molecule has 70 valence electrons. The van der Waals surface area contributed by atoms with E-state index in [1.54, 1.807) is 0 Å². The van der Waals surface area contributed by atoms with Gasteiger partial charge in [0.1, 0.15) is 0 Å². The van der Waals surface area contributed by atoms with Crippen molar-refractivity contribution in [2.24, 2.45) is 0 Å². The first-order valence-corrected chi connectivity index (χ1v) is 4.07. The molecule has 0 saturated carbocycles. The molecule has 0 radical (unpaired) electrons. The lowest BCUT2D eigenvalue weighted by Gasteiger charge is -2.23. The fourth-order valence-corrected chi connectivity index (χ4v) is 1.61. The predicted molar refractivity (Wildman–Crippen MR) is 54.4 cm³/mol. The second-order valence-electron chi connectivity index (χ2n) is 3.25. The number of carbonyl (C=O) groups excluding carboxylic acids is 1. The van der Waals surface area contributed by atoms with Gasteiger partial charge >= 0.3 is 0 Å². The molecular formula is C10H12ClNO. The highest BCUT2D eigenvalue weighted by atomic mass is 35.5. The second kappa shape index (κ2) is 3.90. The number of fused-ring (bicyclic) bond motifs is 1. The summed E-state index contributed by atoms with van der Waals surface area (Å²) in [4.78, 5) is 13.5. The van der Waals surface area contributed by atoms with Crippen LogP contribution in [0.25, 0.3) is 0 Å². The number of rotatable bonds is 0. The van der Waals surface area contributed by atoms with Gasteiger partial charge in [-0.1, -0.05) is 24.3 Å². The Bertz CT molecular complexity index is 324. The zero-order valence-electron chi connectivity index (χ0n) is 7.49. The van der Waals surface area contributed by atoms with Crippen LogP contribution in [0.5, 0.6) is 0 Å². The number of Topliss-reactive ketones (excluding diaryl/α,β-unsaturated/α-hetero) is 1. The molecule has 0 N–H and O–H groups in total. The Kier molecular flexibility index (Phi) is 3.07. The molecule has 0 aliphatic carbocycles. The van der Waals surface area contributed by atoms with Crippen LogP contribution in [-0.2, 0) is 6.54 Å². The van der Waals surface area contributed by atoms with Gasteiger partial charge in [-0.05, 0) is 12.6 Å². The molecule has 3 heteroatoms. The summed E-state index contributed by atoms with van der Waals surface area (Å²) in [6.45, 7) is 1.44. The molecule has 1 aliphatic rings. The molecule has 0 spiro atoms. The Morgan fingerprint density at radius 1 is 1.23 bits per heavy atom. The lowest BCUT2D eigenvalue weighted by Crippen LogP contribution is -2.31. The van der Waals surface area contributed by atoms with Crippen LogP contribution in [0.3, 0.4) is 0 Å². The highest BCUT2D eigenvalue weighted by Crippen LogP contribution is 2.16. The van der Waals surface area contributed by atoms with Crippen molar-refractivity contribution in [3.8, 4) is 0 Å². The van der Waals surface area contributed by atoms with E-state index in [4.69, 9.17) is 0 Å². The zero-order valence-corrected chi connectivity index (χ0v) is 8.30. The molecule has 0 aromatic heterocycles. The highest BCUT2D eigenvalue weighted by molar-refractivity contribution is 5.99. The summed E-state index contributed by atoms with van der Waals surface area (Å²) >= 11 is 0. The molecular weight excluding hydrogens is 186 g/mol. The van der Waals surface area contributed by atoms with Gasteiger partial charge in [-0.3, -0.25) is 9.69 Å². The molecule has 0 unspecified atom stereocenters. The molecule has 1 aliphatic heterocycles. The van der Waals surface area contributed by atoms with Crippen molar-refractivity contribution in [1.82, 2.24) is 4.90 Å². The van der Waals surface area contributed by atoms with Crippen molar-refractivity contribution in [2.45, 2.75) is 6.54 Å². The largest absolute Gasteiger partial charge is 0.295 e. The van der Waals surface area contributed by atoms with E-state index >= 15 is 0 Å². The summed E-state index contributed by atoms with van der Waals surface area (Å²) in [6.07, 6.45) is 0. The normalized spacial score (nSPS) is 16.2. The number of hydrogen-bond acceptors (Lipinski definition) is 2. The van der Waals surface area contributed by atoms with E-state index in [2.05, 4.69) is 0 Å². The summed E-state index contributed by atoms with van der Waals surface area (Å²) in [5.74, 6) is 0.236. The molecule has 0 amide bonds. The lowest BCUT2D eigenvalue weighted by atomic mass is 9.99. The van der Waals surface area contributed by atoms with Gasteiger partial charge in [0.25, 0.3) is 0 Å². The Morgan fingerprint density at radius 2 is 1.92 bits per heavy atom. The van der Waals surface area contributed by atoms with E-state index in [0.717, 1.165) is 17.7 Å². The maximum atomic E-state index is 11.5. The summed E-state index contributed by atoms with van der Waals surface area (Å²) in [5, 5.41) is 0. The summed E-state index contributed by atoms with van der Waals surface area (Å²) in [5.41, 5.74) is 2.05. The third-order valence-corrected chi connectivity index (χ3v) is 2.17. The Morgan fingerprint density at radius 3 is 2.69 bits per heavy atom. The summed E-state index contributed by atoms with van der Waals surface area (Å²) in [6, 6.07) is 7.82. The summed E-state index contributed by atoms with van der Waals surface area (Å²) in [7, 11) is 1.97. The number of likely N-dealkylation sites (N-methyl/N-ethyl adjacent to an activating group) is 1. The third-order valence-electron chi connectivity index (χ3n) is 2.17. The lowest BCUT2D eigenvalue weighted by molar-refractivity contribution is 0.0923. The van der Waals surface area contributed by atoms with Crippen molar-refractivity contribution >= 4 is 18.2 Å². The minimum absolute atomic E-state index is 0. The fraction of sp³-hybridized carbons (Fsp3) is 0.300. The van der Waals surface area contributed by atoms with Gasteiger partial charge in [-0.15, -0.1) is 12.4 Å². The number of nitrogens with zero attached hydrogens (tertiary/aromatic N) is 1. The van der Waals surface area contributed by atoms with Crippen molar-refractivity contribution in [3.05, 3.63) is 35.4 Å². The van der Waals surface area contributed by atoms with Crippen LogP contribution < -0.4 is 0 Å². The summed E-state index contributed by atoms with van der Waals surface area (Å²) < 4.78 is 0. The van der Waals surface area contributed by atoms with Crippen LogP contribution in [0.4, 0.5) is 0 Å². The molecule has 1 aromatic carbocycles. The number of benzene rings is 1. The van der Waals surface area contributed by atoms with E-state index in [1.807, 2.05) is 36.2 Å². The fourth-order valence-electron chi connectivity index (χ4n) is 1.61. The van der Waals surface area contributed by atoms with Crippen molar-refractivity contribution < 1.29 is 4.79 Å². The molecule has 0 atom stereocenters. The topological polar surface area (TPSA) is 20.3 Å². The molecule has 2 nitrogen and oxygen atoms in total. The minimum atomic E-state index is 0. The maximum absolute atomic E-state index is 11.5. The standard InChI is InChI=1S/C10H11NO.ClH/c1-11-6-8-4-2-3-5-9(8)10(12)7-11;/h2-5H,6-7H2,1H3;1H. The first-order valence-electron chi connectivity index (χ1n) is 4.07. The van der Waals surface area contributed by atoms with Crippen LogP contribution in [0.1, 0.15) is 15.9 Å². The monoisotopic (exact) mass is 197 g/mol. The SMILES string of the molecule is CN1CC(=O)c2ccccc2C1.Cl. The Balaban J connectivity index is 0.000000845. The molecule has 1 aromatic rings. The van der Waals surface area contributed by atoms with Crippen LogP contribution in [0.15, 0.2) is 24.3 Å². The minimum Gasteiger partial charge on any atom is -0.295 e. The first kappa shape index (κ1) is 10.2. The molecule has 2 rings (SSSR count). The Hall–Kier alpha value is -0.860. The maximum Gasteiger partial charge on any atom is 0.177 e. The van der Waals surface area contributed by atoms with Crippen LogP contribution in [0, 0.1) is 0 Å². The molecule has 0 saturated heterocycles. The van der Waals surface area contributed by atoms with Gasteiger partial charge in [0.2, 0.25) is 0 Å². The molecule has 1 heterocycles. The van der Waals surface area contributed by atoms with Crippen LogP contribution in [0.2, 0.25) is 0 Å². The van der Waals surface area contributed by atoms with Gasteiger partial charge in [-0.2, -0.15) is 0 Å². The third kappa shape index (κ3) is 1.90.